The lowest BCUT2D eigenvalue weighted by Gasteiger charge is -2.04. The van der Waals surface area contributed by atoms with E-state index in [0.717, 1.165) is 10.8 Å². The topological polar surface area (TPSA) is 42.0 Å². The van der Waals surface area contributed by atoms with Crippen LogP contribution in [0.25, 0.3) is 0 Å². The van der Waals surface area contributed by atoms with Crippen molar-refractivity contribution in [1.29, 1.82) is 0 Å². The number of nitrogens with zero attached hydrogens (tertiary/aromatic N) is 1. The van der Waals surface area contributed by atoms with Crippen molar-refractivity contribution < 1.29 is 9.18 Å². The number of halogens is 1. The Morgan fingerprint density at radius 2 is 2.00 bits per heavy atom. The van der Waals surface area contributed by atoms with Gasteiger partial charge in [-0.2, -0.15) is 0 Å². The number of nitrogens with one attached hydrogen (secondary N) is 1. The lowest BCUT2D eigenvalue weighted by Crippen LogP contribution is -2.25. The summed E-state index contributed by atoms with van der Waals surface area (Å²) >= 11 is 1.57. The van der Waals surface area contributed by atoms with E-state index in [1.165, 1.54) is 24.3 Å². The van der Waals surface area contributed by atoms with Gasteiger partial charge in [0.25, 0.3) is 5.91 Å². The molecule has 0 atom stereocenters. The van der Waals surface area contributed by atoms with E-state index in [2.05, 4.69) is 10.3 Å². The van der Waals surface area contributed by atoms with Crippen LogP contribution >= 0.6 is 11.8 Å². The van der Waals surface area contributed by atoms with Crippen LogP contribution in [0.4, 0.5) is 4.39 Å². The second-order valence-corrected chi connectivity index (χ2v) is 4.89. The standard InChI is InChI=1S/C14H13FN2OS/c15-12-6-4-11(5-7-12)14(18)17-9-10-19-13-3-1-2-8-16-13/h1-8H,9-10H2,(H,17,18). The molecule has 0 bridgehead atoms. The number of carbonyl (C=O) groups excluding carboxylic acids is 1. The zero-order chi connectivity index (χ0) is 13.5. The van der Waals surface area contributed by atoms with Crippen molar-refractivity contribution in [2.75, 3.05) is 12.3 Å². The monoisotopic (exact) mass is 276 g/mol. The predicted molar refractivity (Wildman–Crippen MR) is 73.7 cm³/mol. The summed E-state index contributed by atoms with van der Waals surface area (Å²) in [7, 11) is 0. The molecule has 5 heteroatoms. The molecule has 1 heterocycles. The Kier molecular flexibility index (Phi) is 4.92. The average molecular weight is 276 g/mol. The van der Waals surface area contributed by atoms with Crippen LogP contribution in [0.1, 0.15) is 10.4 Å². The summed E-state index contributed by atoms with van der Waals surface area (Å²) in [4.78, 5) is 15.9. The predicted octanol–water partition coefficient (Wildman–Crippen LogP) is 2.74. The van der Waals surface area contributed by atoms with Gasteiger partial charge in [0.1, 0.15) is 5.82 Å². The van der Waals surface area contributed by atoms with Crippen molar-refractivity contribution in [3.63, 3.8) is 0 Å². The van der Waals surface area contributed by atoms with Gasteiger partial charge in [-0.05, 0) is 36.4 Å². The molecule has 0 aliphatic carbocycles. The molecule has 0 radical (unpaired) electrons. The summed E-state index contributed by atoms with van der Waals surface area (Å²) in [6.07, 6.45) is 1.74. The second kappa shape index (κ2) is 6.89. The third kappa shape index (κ3) is 4.37. The fourth-order valence-corrected chi connectivity index (χ4v) is 2.18. The van der Waals surface area contributed by atoms with Crippen LogP contribution in [0.15, 0.2) is 53.7 Å². The Morgan fingerprint density at radius 1 is 1.21 bits per heavy atom. The molecule has 98 valence electrons. The maximum atomic E-state index is 12.7. The second-order valence-electron chi connectivity index (χ2n) is 3.78. The third-order valence-electron chi connectivity index (χ3n) is 2.38. The maximum absolute atomic E-state index is 12.7. The Labute approximate surface area is 115 Å². The van der Waals surface area contributed by atoms with Crippen molar-refractivity contribution in [2.45, 2.75) is 5.03 Å². The first kappa shape index (κ1) is 13.5. The van der Waals surface area contributed by atoms with Crippen molar-refractivity contribution in [3.8, 4) is 0 Å². The summed E-state index contributed by atoms with van der Waals surface area (Å²) in [5.41, 5.74) is 0.462. The largest absolute Gasteiger partial charge is 0.351 e. The van der Waals surface area contributed by atoms with Crippen molar-refractivity contribution in [1.82, 2.24) is 10.3 Å². The molecule has 0 aliphatic rings. The van der Waals surface area contributed by atoms with E-state index in [1.807, 2.05) is 18.2 Å². The Balaban J connectivity index is 1.74. The van der Waals surface area contributed by atoms with Crippen LogP contribution in [0.2, 0.25) is 0 Å². The summed E-state index contributed by atoms with van der Waals surface area (Å²) in [5.74, 6) is 0.202. The smallest absolute Gasteiger partial charge is 0.251 e. The van der Waals surface area contributed by atoms with E-state index >= 15 is 0 Å². The van der Waals surface area contributed by atoms with Crippen LogP contribution in [0.3, 0.4) is 0 Å². The van der Waals surface area contributed by atoms with Crippen molar-refractivity contribution >= 4 is 17.7 Å². The van der Waals surface area contributed by atoms with Crippen LogP contribution in [0, 0.1) is 5.82 Å². The van der Waals surface area contributed by atoms with Gasteiger partial charge in [-0.15, -0.1) is 11.8 Å². The molecule has 1 amide bonds. The highest BCUT2D eigenvalue weighted by molar-refractivity contribution is 7.99. The van der Waals surface area contributed by atoms with Gasteiger partial charge < -0.3 is 5.32 Å². The van der Waals surface area contributed by atoms with Crippen LogP contribution in [-0.4, -0.2) is 23.2 Å². The van der Waals surface area contributed by atoms with Gasteiger partial charge in [0.05, 0.1) is 5.03 Å². The lowest BCUT2D eigenvalue weighted by molar-refractivity contribution is 0.0956. The average Bonchev–Trinajstić information content (AvgIpc) is 2.45. The van der Waals surface area contributed by atoms with Gasteiger partial charge in [-0.1, -0.05) is 6.07 Å². The quantitative estimate of drug-likeness (QED) is 0.674. The van der Waals surface area contributed by atoms with Gasteiger partial charge >= 0.3 is 0 Å². The first-order valence-electron chi connectivity index (χ1n) is 5.83. The molecule has 0 aliphatic heterocycles. The number of carbonyl (C=O) groups is 1. The minimum atomic E-state index is -0.345. The van der Waals surface area contributed by atoms with E-state index in [4.69, 9.17) is 0 Å². The fourth-order valence-electron chi connectivity index (χ4n) is 1.46. The number of pyridine rings is 1. The zero-order valence-electron chi connectivity index (χ0n) is 10.2. The normalized spacial score (nSPS) is 10.2. The molecule has 0 spiro atoms. The number of hydrogen-bond donors (Lipinski definition) is 1. The highest BCUT2D eigenvalue weighted by Crippen LogP contribution is 2.12. The maximum Gasteiger partial charge on any atom is 0.251 e. The molecule has 3 nitrogen and oxygen atoms in total. The molecule has 0 fully saturated rings. The number of benzene rings is 1. The van der Waals surface area contributed by atoms with Crippen molar-refractivity contribution in [2.24, 2.45) is 0 Å². The minimum absolute atomic E-state index is 0.193. The number of hydrogen-bond acceptors (Lipinski definition) is 3. The van der Waals surface area contributed by atoms with Crippen LogP contribution < -0.4 is 5.32 Å². The number of aromatic nitrogens is 1. The van der Waals surface area contributed by atoms with Crippen LogP contribution in [-0.2, 0) is 0 Å². The summed E-state index contributed by atoms with van der Waals surface area (Å²) in [6.45, 7) is 0.539. The van der Waals surface area contributed by atoms with Crippen LogP contribution in [0.5, 0.6) is 0 Å². The zero-order valence-corrected chi connectivity index (χ0v) is 11.0. The number of rotatable bonds is 5. The molecule has 1 aromatic carbocycles. The highest BCUT2D eigenvalue weighted by atomic mass is 32.2. The Bertz CT molecular complexity index is 531. The molecule has 2 rings (SSSR count). The van der Waals surface area contributed by atoms with Gasteiger partial charge in [-0.3, -0.25) is 4.79 Å². The fraction of sp³-hybridized carbons (Fsp3) is 0.143. The SMILES string of the molecule is O=C(NCCSc1ccccn1)c1ccc(F)cc1. The minimum Gasteiger partial charge on any atom is -0.351 e. The molecule has 0 saturated heterocycles. The molecule has 2 aromatic rings. The van der Waals surface area contributed by atoms with E-state index in [-0.39, 0.29) is 11.7 Å². The first-order chi connectivity index (χ1) is 9.25. The molecule has 0 saturated carbocycles. The Morgan fingerprint density at radius 3 is 2.68 bits per heavy atom. The number of thioether (sulfide) groups is 1. The summed E-state index contributed by atoms with van der Waals surface area (Å²) in [5, 5.41) is 3.71. The van der Waals surface area contributed by atoms with E-state index in [9.17, 15) is 9.18 Å². The van der Waals surface area contributed by atoms with Gasteiger partial charge in [-0.25, -0.2) is 9.37 Å². The van der Waals surface area contributed by atoms with E-state index in [1.54, 1.807) is 18.0 Å². The summed E-state index contributed by atoms with van der Waals surface area (Å²) < 4.78 is 12.7. The molecule has 1 aromatic heterocycles. The van der Waals surface area contributed by atoms with E-state index in [0.29, 0.717) is 12.1 Å². The lowest BCUT2D eigenvalue weighted by atomic mass is 10.2. The van der Waals surface area contributed by atoms with Gasteiger partial charge in [0.15, 0.2) is 0 Å². The summed E-state index contributed by atoms with van der Waals surface area (Å²) in [6, 6.07) is 11.2. The third-order valence-corrected chi connectivity index (χ3v) is 3.33. The van der Waals surface area contributed by atoms with Crippen molar-refractivity contribution in [3.05, 3.63) is 60.0 Å². The molecular formula is C14H13FN2OS. The molecular weight excluding hydrogens is 263 g/mol. The number of amides is 1. The molecule has 0 unspecified atom stereocenters. The van der Waals surface area contributed by atoms with E-state index < -0.39 is 0 Å². The highest BCUT2D eigenvalue weighted by Gasteiger charge is 2.04. The first-order valence-corrected chi connectivity index (χ1v) is 6.82. The van der Waals surface area contributed by atoms with Gasteiger partial charge in [0, 0.05) is 24.1 Å². The molecule has 19 heavy (non-hydrogen) atoms. The Hall–Kier alpha value is -1.88. The van der Waals surface area contributed by atoms with Gasteiger partial charge in [0.2, 0.25) is 0 Å². The molecule has 1 N–H and O–H groups in total.